The Kier molecular flexibility index (Phi) is 8.15. The van der Waals surface area contributed by atoms with Crippen LogP contribution in [0.2, 0.25) is 0 Å². The summed E-state index contributed by atoms with van der Waals surface area (Å²) < 4.78 is 16.7. The average Bonchev–Trinajstić information content (AvgIpc) is 3.26. The summed E-state index contributed by atoms with van der Waals surface area (Å²) >= 11 is 0. The van der Waals surface area contributed by atoms with Crippen molar-refractivity contribution in [3.63, 3.8) is 0 Å². The molecule has 1 aliphatic carbocycles. The van der Waals surface area contributed by atoms with Crippen LogP contribution < -0.4 is 20.7 Å². The van der Waals surface area contributed by atoms with E-state index < -0.39 is 17.8 Å². The second-order valence-corrected chi connectivity index (χ2v) is 9.90. The number of benzene rings is 3. The molecule has 0 fully saturated rings. The smallest absolute Gasteiger partial charge is 0.412 e. The first-order valence-electron chi connectivity index (χ1n) is 12.3. The molecule has 0 saturated heterocycles. The molecule has 1 aliphatic rings. The zero-order valence-corrected chi connectivity index (χ0v) is 21.6. The topological polar surface area (TPSA) is 115 Å². The van der Waals surface area contributed by atoms with Gasteiger partial charge in [0, 0.05) is 25.5 Å². The Morgan fingerprint density at radius 2 is 1.55 bits per heavy atom. The highest BCUT2D eigenvalue weighted by molar-refractivity contribution is 5.92. The fourth-order valence-electron chi connectivity index (χ4n) is 4.07. The Bertz CT molecular complexity index is 1280. The quantitative estimate of drug-likeness (QED) is 0.326. The minimum atomic E-state index is -0.657. The summed E-state index contributed by atoms with van der Waals surface area (Å²) in [6.45, 7) is 5.60. The number of hydrogen-bond donors (Lipinski definition) is 3. The Morgan fingerprint density at radius 1 is 0.895 bits per heavy atom. The molecule has 198 valence electrons. The predicted molar refractivity (Wildman–Crippen MR) is 143 cm³/mol. The van der Waals surface area contributed by atoms with E-state index in [9.17, 15) is 14.4 Å². The molecule has 3 N–H and O–H groups in total. The van der Waals surface area contributed by atoms with E-state index in [1.807, 2.05) is 24.3 Å². The highest BCUT2D eigenvalue weighted by Crippen LogP contribution is 2.30. The number of fused-ring (bicyclic) bond motifs is 1. The van der Waals surface area contributed by atoms with Gasteiger partial charge >= 0.3 is 12.2 Å². The van der Waals surface area contributed by atoms with Crippen molar-refractivity contribution in [1.29, 1.82) is 0 Å². The van der Waals surface area contributed by atoms with Gasteiger partial charge in [-0.3, -0.25) is 10.1 Å². The normalized spacial score (nSPS) is 12.7. The first kappa shape index (κ1) is 26.5. The third-order valence-corrected chi connectivity index (χ3v) is 5.72. The highest BCUT2D eigenvalue weighted by atomic mass is 16.6. The van der Waals surface area contributed by atoms with E-state index in [-0.39, 0.29) is 6.10 Å². The van der Waals surface area contributed by atoms with Crippen LogP contribution in [-0.2, 0) is 33.7 Å². The number of carbonyl (C=O) groups is 3. The Labute approximate surface area is 221 Å². The van der Waals surface area contributed by atoms with Crippen LogP contribution in [0.4, 0.5) is 21.0 Å². The molecule has 0 aliphatic heterocycles. The van der Waals surface area contributed by atoms with Gasteiger partial charge in [-0.05, 0) is 61.7 Å². The molecule has 3 amide bonds. The first-order valence-corrected chi connectivity index (χ1v) is 12.3. The molecule has 38 heavy (non-hydrogen) atoms. The van der Waals surface area contributed by atoms with Crippen LogP contribution in [0.1, 0.15) is 37.5 Å². The van der Waals surface area contributed by atoms with Gasteiger partial charge in [0.25, 0.3) is 0 Å². The largest absolute Gasteiger partial charge is 0.457 e. The van der Waals surface area contributed by atoms with Crippen LogP contribution in [0.5, 0.6) is 11.5 Å². The zero-order chi connectivity index (χ0) is 27.1. The van der Waals surface area contributed by atoms with Gasteiger partial charge in [-0.15, -0.1) is 0 Å². The maximum absolute atomic E-state index is 12.3. The van der Waals surface area contributed by atoms with Gasteiger partial charge < -0.3 is 24.8 Å². The lowest BCUT2D eigenvalue weighted by atomic mass is 10.1. The van der Waals surface area contributed by atoms with Crippen molar-refractivity contribution in [2.75, 3.05) is 10.6 Å². The summed E-state index contributed by atoms with van der Waals surface area (Å²) in [6, 6.07) is 20.2. The lowest BCUT2D eigenvalue weighted by Gasteiger charge is -2.20. The van der Waals surface area contributed by atoms with Crippen molar-refractivity contribution < 1.29 is 28.6 Å². The standard InChI is InChI=1S/C29H31N3O6/c1-29(2,3)38-28(35)32-25-13-12-23(16-26(25)31-18-33)36-22-10-8-19(9-11-22)17-30-27(34)37-24-14-20-6-4-5-7-21(20)15-24/h4-13,16,18,24H,14-15,17H2,1-3H3,(H,30,34)(H,31,33)(H,32,35). The van der Waals surface area contributed by atoms with Gasteiger partial charge in [0.05, 0.1) is 11.4 Å². The molecule has 9 heteroatoms. The van der Waals surface area contributed by atoms with Gasteiger partial charge in [-0.2, -0.15) is 0 Å². The molecule has 0 unspecified atom stereocenters. The molecule has 0 atom stereocenters. The third kappa shape index (κ3) is 7.49. The minimum absolute atomic E-state index is 0.146. The zero-order valence-electron chi connectivity index (χ0n) is 21.6. The lowest BCUT2D eigenvalue weighted by molar-refractivity contribution is -0.105. The molecule has 0 bridgehead atoms. The molecule has 0 saturated carbocycles. The van der Waals surface area contributed by atoms with Gasteiger partial charge in [0.2, 0.25) is 6.41 Å². The van der Waals surface area contributed by atoms with E-state index >= 15 is 0 Å². The maximum Gasteiger partial charge on any atom is 0.412 e. The molecule has 3 aromatic rings. The molecule has 0 spiro atoms. The van der Waals surface area contributed by atoms with Crippen molar-refractivity contribution in [2.45, 2.75) is 51.9 Å². The number of nitrogens with one attached hydrogen (secondary N) is 3. The number of hydrogen-bond acceptors (Lipinski definition) is 6. The highest BCUT2D eigenvalue weighted by Gasteiger charge is 2.24. The van der Waals surface area contributed by atoms with E-state index in [1.54, 1.807) is 51.1 Å². The summed E-state index contributed by atoms with van der Waals surface area (Å²) in [4.78, 5) is 35.4. The van der Waals surface area contributed by atoms with Gasteiger partial charge in [0.15, 0.2) is 0 Å². The average molecular weight is 518 g/mol. The summed E-state index contributed by atoms with van der Waals surface area (Å²) in [5.41, 5.74) is 3.40. The van der Waals surface area contributed by atoms with Crippen molar-refractivity contribution >= 4 is 30.0 Å². The monoisotopic (exact) mass is 517 g/mol. The maximum atomic E-state index is 12.3. The van der Waals surface area contributed by atoms with Crippen molar-refractivity contribution in [3.05, 3.63) is 83.4 Å². The molecule has 0 radical (unpaired) electrons. The second-order valence-electron chi connectivity index (χ2n) is 9.90. The molecular weight excluding hydrogens is 486 g/mol. The second kappa shape index (κ2) is 11.7. The Balaban J connectivity index is 1.29. The molecule has 9 nitrogen and oxygen atoms in total. The van der Waals surface area contributed by atoms with E-state index in [2.05, 4.69) is 28.1 Å². The molecular formula is C29H31N3O6. The number of ether oxygens (including phenoxy) is 3. The summed E-state index contributed by atoms with van der Waals surface area (Å²) in [7, 11) is 0. The molecule has 4 rings (SSSR count). The van der Waals surface area contributed by atoms with Crippen molar-refractivity contribution in [1.82, 2.24) is 5.32 Å². The lowest BCUT2D eigenvalue weighted by Crippen LogP contribution is -2.28. The van der Waals surface area contributed by atoms with E-state index in [0.717, 1.165) is 18.4 Å². The van der Waals surface area contributed by atoms with Gasteiger partial charge in [-0.1, -0.05) is 36.4 Å². The van der Waals surface area contributed by atoms with Crippen molar-refractivity contribution in [2.24, 2.45) is 0 Å². The summed E-state index contributed by atoms with van der Waals surface area (Å²) in [6.07, 6.45) is 0.750. The predicted octanol–water partition coefficient (Wildman–Crippen LogP) is 5.79. The Hall–Kier alpha value is -4.53. The third-order valence-electron chi connectivity index (χ3n) is 5.72. The van der Waals surface area contributed by atoms with Crippen LogP contribution in [0.3, 0.4) is 0 Å². The van der Waals surface area contributed by atoms with E-state index in [1.165, 1.54) is 11.1 Å². The molecule has 3 aromatic carbocycles. The van der Waals surface area contributed by atoms with Crippen LogP contribution in [0.25, 0.3) is 0 Å². The summed E-state index contributed by atoms with van der Waals surface area (Å²) in [5, 5.41) is 7.96. The minimum Gasteiger partial charge on any atom is -0.457 e. The number of carbonyl (C=O) groups excluding carboxylic acids is 3. The molecule has 0 heterocycles. The van der Waals surface area contributed by atoms with Crippen LogP contribution in [0.15, 0.2) is 66.7 Å². The number of anilines is 2. The number of rotatable bonds is 8. The van der Waals surface area contributed by atoms with Crippen LogP contribution >= 0.6 is 0 Å². The van der Waals surface area contributed by atoms with E-state index in [4.69, 9.17) is 14.2 Å². The van der Waals surface area contributed by atoms with Crippen LogP contribution in [0, 0.1) is 0 Å². The van der Waals surface area contributed by atoms with Gasteiger partial charge in [0.1, 0.15) is 23.2 Å². The van der Waals surface area contributed by atoms with Crippen molar-refractivity contribution in [3.8, 4) is 11.5 Å². The summed E-state index contributed by atoms with van der Waals surface area (Å²) in [5.74, 6) is 1.01. The van der Waals surface area contributed by atoms with Gasteiger partial charge in [-0.25, -0.2) is 9.59 Å². The SMILES string of the molecule is CC(C)(C)OC(=O)Nc1ccc(Oc2ccc(CNC(=O)OC3Cc4ccccc4C3)cc2)cc1NC=O. The number of amides is 3. The van der Waals surface area contributed by atoms with Crippen LogP contribution in [-0.4, -0.2) is 30.3 Å². The fourth-order valence-corrected chi connectivity index (χ4v) is 4.07. The Morgan fingerprint density at radius 3 is 2.18 bits per heavy atom. The number of alkyl carbamates (subject to hydrolysis) is 1. The fraction of sp³-hybridized carbons (Fsp3) is 0.276. The van der Waals surface area contributed by atoms with E-state index in [0.29, 0.717) is 35.8 Å². The first-order chi connectivity index (χ1) is 18.2. The molecule has 0 aromatic heterocycles.